The summed E-state index contributed by atoms with van der Waals surface area (Å²) in [6, 6.07) is 2.40. The molecular weight excluding hydrogens is 427 g/mol. The smallest absolute Gasteiger partial charge is 0.324 e. The van der Waals surface area contributed by atoms with Crippen LogP contribution in [0.15, 0.2) is 18.2 Å². The van der Waals surface area contributed by atoms with Crippen LogP contribution < -0.4 is 14.8 Å². The number of rotatable bonds is 12. The van der Waals surface area contributed by atoms with Gasteiger partial charge in [-0.1, -0.05) is 12.5 Å². The number of carbonyl (C=O) groups excluding carboxylic acids is 2. The van der Waals surface area contributed by atoms with Gasteiger partial charge in [-0.15, -0.1) is 0 Å². The summed E-state index contributed by atoms with van der Waals surface area (Å²) in [4.78, 5) is 23.8. The summed E-state index contributed by atoms with van der Waals surface area (Å²) in [5.41, 5.74) is 0.369. The third-order valence-electron chi connectivity index (χ3n) is 4.39. The van der Waals surface area contributed by atoms with E-state index in [4.69, 9.17) is 4.74 Å². The lowest BCUT2D eigenvalue weighted by Gasteiger charge is -2.16. The number of benzene rings is 1. The van der Waals surface area contributed by atoms with Gasteiger partial charge in [0.1, 0.15) is 13.2 Å². The van der Waals surface area contributed by atoms with Crippen LogP contribution in [0.4, 0.5) is 18.0 Å². The molecule has 1 aliphatic rings. The molecule has 8 nitrogen and oxygen atoms in total. The van der Waals surface area contributed by atoms with Gasteiger partial charge in [0.05, 0.1) is 5.75 Å². The van der Waals surface area contributed by atoms with Gasteiger partial charge >= 0.3 is 6.03 Å². The molecule has 0 radical (unpaired) electrons. The number of nitrogens with one attached hydrogen (secondary N) is 2. The SMILES string of the molecule is C[C@@H](NS(=O)(=O)CCCCCN1CC(=O)NC1=O)c1ccc(F)c(OCC(F)F)c1. The minimum absolute atomic E-state index is 0.0108. The fraction of sp³-hybridized carbons (Fsp3) is 0.556. The zero-order valence-electron chi connectivity index (χ0n) is 16.4. The summed E-state index contributed by atoms with van der Waals surface area (Å²) < 4.78 is 69.9. The Kier molecular flexibility index (Phi) is 8.47. The van der Waals surface area contributed by atoms with Gasteiger partial charge < -0.3 is 9.64 Å². The number of sulfonamides is 1. The summed E-state index contributed by atoms with van der Waals surface area (Å²) in [6.07, 6.45) is -1.33. The molecule has 1 heterocycles. The average molecular weight is 451 g/mol. The molecule has 1 aromatic carbocycles. The summed E-state index contributed by atoms with van der Waals surface area (Å²) >= 11 is 0. The van der Waals surface area contributed by atoms with Crippen molar-refractivity contribution < 1.29 is 35.9 Å². The Bertz CT molecular complexity index is 867. The van der Waals surface area contributed by atoms with Crippen LogP contribution in [0.5, 0.6) is 5.75 Å². The molecule has 2 N–H and O–H groups in total. The number of carbonyl (C=O) groups is 2. The van der Waals surface area contributed by atoms with Crippen LogP contribution in [0.3, 0.4) is 0 Å². The largest absolute Gasteiger partial charge is 0.485 e. The van der Waals surface area contributed by atoms with E-state index >= 15 is 0 Å². The Balaban J connectivity index is 1.79. The molecule has 1 aromatic rings. The average Bonchev–Trinajstić information content (AvgIpc) is 2.97. The zero-order chi connectivity index (χ0) is 22.3. The molecule has 0 aromatic heterocycles. The number of urea groups is 1. The molecule has 30 heavy (non-hydrogen) atoms. The number of ether oxygens (including phenoxy) is 1. The minimum Gasteiger partial charge on any atom is -0.485 e. The predicted octanol–water partition coefficient (Wildman–Crippen LogP) is 2.17. The molecule has 12 heteroatoms. The van der Waals surface area contributed by atoms with Crippen molar-refractivity contribution in [2.45, 2.75) is 38.7 Å². The Morgan fingerprint density at radius 1 is 1.23 bits per heavy atom. The van der Waals surface area contributed by atoms with Gasteiger partial charge in [0, 0.05) is 12.6 Å². The summed E-state index contributed by atoms with van der Waals surface area (Å²) in [5, 5.41) is 2.16. The van der Waals surface area contributed by atoms with E-state index in [2.05, 4.69) is 10.0 Å². The van der Waals surface area contributed by atoms with Crippen molar-refractivity contribution in [1.82, 2.24) is 14.9 Å². The summed E-state index contributed by atoms with van der Waals surface area (Å²) in [5.74, 6) is -1.70. The Morgan fingerprint density at radius 2 is 1.97 bits per heavy atom. The van der Waals surface area contributed by atoms with E-state index in [1.165, 1.54) is 17.0 Å². The highest BCUT2D eigenvalue weighted by molar-refractivity contribution is 7.89. The topological polar surface area (TPSA) is 105 Å². The second-order valence-electron chi connectivity index (χ2n) is 6.89. The number of hydrogen-bond acceptors (Lipinski definition) is 5. The quantitative estimate of drug-likeness (QED) is 0.374. The fourth-order valence-electron chi connectivity index (χ4n) is 2.88. The van der Waals surface area contributed by atoms with Gasteiger partial charge in [-0.2, -0.15) is 0 Å². The summed E-state index contributed by atoms with van der Waals surface area (Å²) in [7, 11) is -3.65. The highest BCUT2D eigenvalue weighted by Gasteiger charge is 2.25. The lowest BCUT2D eigenvalue weighted by atomic mass is 10.1. The molecule has 0 spiro atoms. The van der Waals surface area contributed by atoms with Crippen LogP contribution >= 0.6 is 0 Å². The number of nitrogens with zero attached hydrogens (tertiary/aromatic N) is 1. The number of unbranched alkanes of at least 4 members (excludes halogenated alkanes) is 2. The molecule has 2 rings (SSSR count). The van der Waals surface area contributed by atoms with E-state index < -0.39 is 40.9 Å². The van der Waals surface area contributed by atoms with Gasteiger partial charge in [0.25, 0.3) is 6.43 Å². The molecule has 1 atom stereocenters. The maximum Gasteiger partial charge on any atom is 0.324 e. The van der Waals surface area contributed by atoms with Crippen molar-refractivity contribution in [2.24, 2.45) is 0 Å². The van der Waals surface area contributed by atoms with E-state index in [0.717, 1.165) is 6.07 Å². The van der Waals surface area contributed by atoms with Crippen LogP contribution in [0.1, 0.15) is 37.8 Å². The van der Waals surface area contributed by atoms with Crippen LogP contribution in [0, 0.1) is 5.82 Å². The lowest BCUT2D eigenvalue weighted by molar-refractivity contribution is -0.118. The van der Waals surface area contributed by atoms with E-state index in [1.54, 1.807) is 6.92 Å². The normalized spacial score (nSPS) is 15.6. The van der Waals surface area contributed by atoms with Gasteiger partial charge in [0.15, 0.2) is 11.6 Å². The first-order chi connectivity index (χ1) is 14.1. The molecule has 0 aliphatic carbocycles. The van der Waals surface area contributed by atoms with Crippen LogP contribution in [-0.2, 0) is 14.8 Å². The standard InChI is InChI=1S/C18H24F3N3O5S/c1-12(13-5-6-14(19)15(9-13)29-11-16(20)21)23-30(27,28)8-4-2-3-7-24-10-17(25)22-18(24)26/h5-6,9,12,16,23H,2-4,7-8,10-11H2,1H3,(H,22,25,26)/t12-/m1/s1. The zero-order valence-corrected chi connectivity index (χ0v) is 17.2. The first kappa shape index (κ1) is 23.9. The van der Waals surface area contributed by atoms with Crippen molar-refractivity contribution in [3.63, 3.8) is 0 Å². The molecule has 3 amide bonds. The molecule has 0 bridgehead atoms. The predicted molar refractivity (Wildman–Crippen MR) is 102 cm³/mol. The number of hydrogen-bond donors (Lipinski definition) is 2. The lowest BCUT2D eigenvalue weighted by Crippen LogP contribution is -2.30. The maximum atomic E-state index is 13.7. The number of imide groups is 1. The highest BCUT2D eigenvalue weighted by Crippen LogP contribution is 2.24. The molecule has 168 valence electrons. The third kappa shape index (κ3) is 7.48. The number of amides is 3. The second-order valence-corrected chi connectivity index (χ2v) is 8.76. The molecule has 1 aliphatic heterocycles. The van der Waals surface area contributed by atoms with E-state index in [-0.39, 0.29) is 24.0 Å². The Morgan fingerprint density at radius 3 is 2.60 bits per heavy atom. The van der Waals surface area contributed by atoms with Gasteiger partial charge in [-0.3, -0.25) is 10.1 Å². The minimum atomic E-state index is -3.65. The van der Waals surface area contributed by atoms with E-state index in [0.29, 0.717) is 31.4 Å². The Labute approximate surface area is 172 Å². The second kappa shape index (κ2) is 10.6. The van der Waals surface area contributed by atoms with Crippen LogP contribution in [0.2, 0.25) is 0 Å². The number of alkyl halides is 2. The van der Waals surface area contributed by atoms with Crippen LogP contribution in [0.25, 0.3) is 0 Å². The van der Waals surface area contributed by atoms with Crippen molar-refractivity contribution in [1.29, 1.82) is 0 Å². The van der Waals surface area contributed by atoms with Crippen molar-refractivity contribution in [3.05, 3.63) is 29.6 Å². The monoisotopic (exact) mass is 451 g/mol. The van der Waals surface area contributed by atoms with Gasteiger partial charge in [0.2, 0.25) is 15.9 Å². The van der Waals surface area contributed by atoms with Crippen molar-refractivity contribution in [2.75, 3.05) is 25.4 Å². The molecule has 1 fully saturated rings. The summed E-state index contributed by atoms with van der Waals surface area (Å²) in [6.45, 7) is 0.952. The molecule has 1 saturated heterocycles. The highest BCUT2D eigenvalue weighted by atomic mass is 32.2. The van der Waals surface area contributed by atoms with Crippen molar-refractivity contribution >= 4 is 22.0 Å². The van der Waals surface area contributed by atoms with Gasteiger partial charge in [-0.05, 0) is 37.5 Å². The number of halogens is 3. The Hall–Kier alpha value is -2.34. The maximum absolute atomic E-state index is 13.7. The first-order valence-corrected chi connectivity index (χ1v) is 11.0. The fourth-order valence-corrected chi connectivity index (χ4v) is 4.26. The van der Waals surface area contributed by atoms with Crippen LogP contribution in [-0.4, -0.2) is 57.1 Å². The molecule has 0 saturated carbocycles. The third-order valence-corrected chi connectivity index (χ3v) is 5.92. The molecular formula is C18H24F3N3O5S. The van der Waals surface area contributed by atoms with Gasteiger partial charge in [-0.25, -0.2) is 31.1 Å². The molecule has 0 unspecified atom stereocenters. The first-order valence-electron chi connectivity index (χ1n) is 9.36. The van der Waals surface area contributed by atoms with E-state index in [1.807, 2.05) is 0 Å². The van der Waals surface area contributed by atoms with Crippen molar-refractivity contribution in [3.8, 4) is 5.75 Å². The van der Waals surface area contributed by atoms with E-state index in [9.17, 15) is 31.2 Å².